The Labute approximate surface area is 104 Å². The van der Waals surface area contributed by atoms with E-state index in [1.54, 1.807) is 31.3 Å². The zero-order valence-electron chi connectivity index (χ0n) is 10.4. The first-order chi connectivity index (χ1) is 8.38. The second-order valence-electron chi connectivity index (χ2n) is 4.05. The number of hydrogen-bond acceptors (Lipinski definition) is 3. The molecule has 0 bridgehead atoms. The van der Waals surface area contributed by atoms with Crippen molar-refractivity contribution >= 4 is 5.69 Å². The second-order valence-corrected chi connectivity index (χ2v) is 4.05. The van der Waals surface area contributed by atoms with Gasteiger partial charge in [0, 0.05) is 25.8 Å². The predicted molar refractivity (Wildman–Crippen MR) is 64.9 cm³/mol. The van der Waals surface area contributed by atoms with Gasteiger partial charge in [0.15, 0.2) is 0 Å². The fourth-order valence-corrected chi connectivity index (χ4v) is 1.58. The topological polar surface area (TPSA) is 38.5 Å². The molecule has 1 rings (SSSR count). The van der Waals surface area contributed by atoms with Crippen LogP contribution in [0.15, 0.2) is 24.3 Å². The molecule has 18 heavy (non-hydrogen) atoms. The lowest BCUT2D eigenvalue weighted by molar-refractivity contribution is -0.168. The summed E-state index contributed by atoms with van der Waals surface area (Å²) in [4.78, 5) is 1.53. The van der Waals surface area contributed by atoms with Gasteiger partial charge >= 0.3 is 6.18 Å². The van der Waals surface area contributed by atoms with Gasteiger partial charge in [-0.25, -0.2) is 0 Å². The summed E-state index contributed by atoms with van der Waals surface area (Å²) in [6.45, 7) is -0.573. The van der Waals surface area contributed by atoms with Crippen LogP contribution in [-0.4, -0.2) is 33.4 Å². The Kier molecular flexibility index (Phi) is 4.84. The van der Waals surface area contributed by atoms with Crippen molar-refractivity contribution in [3.8, 4) is 5.75 Å². The van der Waals surface area contributed by atoms with Crippen molar-refractivity contribution in [3.63, 3.8) is 0 Å². The highest BCUT2D eigenvalue weighted by Crippen LogP contribution is 2.27. The molecule has 0 aliphatic heterocycles. The Bertz CT molecular complexity index is 365. The van der Waals surface area contributed by atoms with Gasteiger partial charge in [0.25, 0.3) is 0 Å². The van der Waals surface area contributed by atoms with Gasteiger partial charge in [-0.2, -0.15) is 13.2 Å². The smallest absolute Gasteiger partial charge is 0.394 e. The monoisotopic (exact) mass is 262 g/mol. The van der Waals surface area contributed by atoms with Gasteiger partial charge in [-0.3, -0.25) is 0 Å². The van der Waals surface area contributed by atoms with E-state index in [1.807, 2.05) is 0 Å². The molecule has 1 aromatic rings. The minimum atomic E-state index is -4.27. The minimum Gasteiger partial charge on any atom is -0.497 e. The van der Waals surface area contributed by atoms with E-state index in [2.05, 4.69) is 0 Å². The Morgan fingerprint density at radius 2 is 1.83 bits per heavy atom. The Morgan fingerprint density at radius 3 is 2.22 bits per heavy atom. The Balaban J connectivity index is 2.71. The van der Waals surface area contributed by atoms with E-state index in [4.69, 9.17) is 10.5 Å². The number of nitrogens with two attached hydrogens (primary N) is 1. The van der Waals surface area contributed by atoms with Crippen molar-refractivity contribution in [1.29, 1.82) is 0 Å². The van der Waals surface area contributed by atoms with Crippen LogP contribution < -0.4 is 15.4 Å². The average Bonchev–Trinajstić information content (AvgIpc) is 2.34. The van der Waals surface area contributed by atoms with Gasteiger partial charge < -0.3 is 15.4 Å². The molecule has 102 valence electrons. The number of hydrogen-bond donors (Lipinski definition) is 1. The van der Waals surface area contributed by atoms with Crippen molar-refractivity contribution in [2.24, 2.45) is 11.7 Å². The first-order valence-electron chi connectivity index (χ1n) is 5.50. The second kappa shape index (κ2) is 5.95. The number of ether oxygens (including phenoxy) is 1. The van der Waals surface area contributed by atoms with Crippen LogP contribution in [0.1, 0.15) is 0 Å². The summed E-state index contributed by atoms with van der Waals surface area (Å²) in [5.41, 5.74) is 5.86. The van der Waals surface area contributed by atoms with Crippen molar-refractivity contribution < 1.29 is 17.9 Å². The molecule has 0 aromatic heterocycles. The van der Waals surface area contributed by atoms with Crippen molar-refractivity contribution in [3.05, 3.63) is 24.3 Å². The van der Waals surface area contributed by atoms with Crippen LogP contribution in [0, 0.1) is 5.92 Å². The molecule has 6 heteroatoms. The molecule has 0 saturated heterocycles. The summed E-state index contributed by atoms with van der Waals surface area (Å²) >= 11 is 0. The van der Waals surface area contributed by atoms with Crippen LogP contribution in [0.25, 0.3) is 0 Å². The fourth-order valence-electron chi connectivity index (χ4n) is 1.58. The summed E-state index contributed by atoms with van der Waals surface area (Å²) in [7, 11) is 3.14. The third kappa shape index (κ3) is 3.80. The first-order valence-corrected chi connectivity index (χ1v) is 5.50. The predicted octanol–water partition coefficient (Wildman–Crippen LogP) is 2.27. The van der Waals surface area contributed by atoms with Crippen LogP contribution in [0.5, 0.6) is 5.75 Å². The molecule has 0 aliphatic rings. The quantitative estimate of drug-likeness (QED) is 0.884. The van der Waals surface area contributed by atoms with Crippen LogP contribution in [0.3, 0.4) is 0 Å². The number of alkyl halides is 3. The third-order valence-electron chi connectivity index (χ3n) is 2.75. The largest absolute Gasteiger partial charge is 0.497 e. The van der Waals surface area contributed by atoms with Crippen LogP contribution >= 0.6 is 0 Å². The summed E-state index contributed by atoms with van der Waals surface area (Å²) in [6.07, 6.45) is -4.27. The highest BCUT2D eigenvalue weighted by atomic mass is 19.4. The molecule has 3 nitrogen and oxygen atoms in total. The summed E-state index contributed by atoms with van der Waals surface area (Å²) in [5.74, 6) is -0.858. The maximum atomic E-state index is 12.6. The highest BCUT2D eigenvalue weighted by molar-refractivity contribution is 5.48. The number of benzene rings is 1. The lowest BCUT2D eigenvalue weighted by Gasteiger charge is -2.26. The highest BCUT2D eigenvalue weighted by Gasteiger charge is 2.39. The molecule has 0 heterocycles. The van der Waals surface area contributed by atoms with Gasteiger partial charge in [0.2, 0.25) is 0 Å². The van der Waals surface area contributed by atoms with E-state index in [1.165, 1.54) is 12.0 Å². The maximum absolute atomic E-state index is 12.6. The molecule has 0 spiro atoms. The van der Waals surface area contributed by atoms with Crippen LogP contribution in [-0.2, 0) is 0 Å². The van der Waals surface area contributed by atoms with E-state index >= 15 is 0 Å². The molecule has 0 radical (unpaired) electrons. The molecule has 1 unspecified atom stereocenters. The Hall–Kier alpha value is -1.43. The molecular weight excluding hydrogens is 245 g/mol. The lowest BCUT2D eigenvalue weighted by Crippen LogP contribution is -2.39. The SMILES string of the molecule is COc1ccc(N(C)CC(CN)C(F)(F)F)cc1. The van der Waals surface area contributed by atoms with Crippen molar-refractivity contribution in [2.45, 2.75) is 6.18 Å². The van der Waals surface area contributed by atoms with Gasteiger partial charge in [-0.1, -0.05) is 0 Å². The van der Waals surface area contributed by atoms with Crippen LogP contribution in [0.4, 0.5) is 18.9 Å². The number of methoxy groups -OCH3 is 1. The van der Waals surface area contributed by atoms with Gasteiger partial charge in [0.1, 0.15) is 5.75 Å². The average molecular weight is 262 g/mol. The van der Waals surface area contributed by atoms with Crippen molar-refractivity contribution in [1.82, 2.24) is 0 Å². The number of anilines is 1. The maximum Gasteiger partial charge on any atom is 0.394 e. The molecule has 1 aromatic carbocycles. The van der Waals surface area contributed by atoms with E-state index in [-0.39, 0.29) is 6.54 Å². The van der Waals surface area contributed by atoms with E-state index in [0.717, 1.165) is 0 Å². The summed E-state index contributed by atoms with van der Waals surface area (Å²) in [6, 6.07) is 6.83. The zero-order valence-corrected chi connectivity index (χ0v) is 10.4. The first kappa shape index (κ1) is 14.6. The molecule has 0 fully saturated rings. The number of halogens is 3. The molecule has 0 amide bonds. The standard InChI is InChI=1S/C12H17F3N2O/c1-17(8-9(7-16)12(13,14)15)10-3-5-11(18-2)6-4-10/h3-6,9H,7-8,16H2,1-2H3. The van der Waals surface area contributed by atoms with Crippen molar-refractivity contribution in [2.75, 3.05) is 32.1 Å². The normalized spacial score (nSPS) is 13.2. The van der Waals surface area contributed by atoms with E-state index in [0.29, 0.717) is 11.4 Å². The molecular formula is C12H17F3N2O. The van der Waals surface area contributed by atoms with Crippen LogP contribution in [0.2, 0.25) is 0 Å². The summed E-state index contributed by atoms with van der Waals surface area (Å²) in [5, 5.41) is 0. The molecule has 0 saturated carbocycles. The number of nitrogens with zero attached hydrogens (tertiary/aromatic N) is 1. The van der Waals surface area contributed by atoms with E-state index < -0.39 is 18.6 Å². The minimum absolute atomic E-state index is 0.160. The Morgan fingerprint density at radius 1 is 1.28 bits per heavy atom. The molecule has 1 atom stereocenters. The fraction of sp³-hybridized carbons (Fsp3) is 0.500. The third-order valence-corrected chi connectivity index (χ3v) is 2.75. The number of rotatable bonds is 5. The van der Waals surface area contributed by atoms with E-state index in [9.17, 15) is 13.2 Å². The van der Waals surface area contributed by atoms with Gasteiger partial charge in [-0.15, -0.1) is 0 Å². The van der Waals surface area contributed by atoms with Gasteiger partial charge in [0.05, 0.1) is 13.0 Å². The molecule has 0 aliphatic carbocycles. The zero-order chi connectivity index (χ0) is 13.8. The van der Waals surface area contributed by atoms with Gasteiger partial charge in [-0.05, 0) is 24.3 Å². The lowest BCUT2D eigenvalue weighted by atomic mass is 10.1. The summed E-state index contributed by atoms with van der Waals surface area (Å²) < 4.78 is 42.8. The molecule has 2 N–H and O–H groups in total.